The number of carbonyl (C=O) groups excluding carboxylic acids is 1. The Bertz CT molecular complexity index is 280. The Labute approximate surface area is 90.4 Å². The van der Waals surface area contributed by atoms with Crippen molar-refractivity contribution in [2.24, 2.45) is 0 Å². The van der Waals surface area contributed by atoms with Gasteiger partial charge in [0.05, 0.1) is 6.42 Å². The fourth-order valence-corrected chi connectivity index (χ4v) is 1.23. The number of hydrogen-bond donors (Lipinski definition) is 2. The summed E-state index contributed by atoms with van der Waals surface area (Å²) in [4.78, 5) is 22.1. The van der Waals surface area contributed by atoms with Gasteiger partial charge in [-0.15, -0.1) is 0 Å². The molecule has 0 spiro atoms. The standard InChI is InChI=1S/C11H19NO3/c1-5-6-8(2)10(15)12-11(3,4)7-9(13)14/h6H,5,7H2,1-4H3,(H,12,15)(H,13,14). The molecule has 0 aliphatic carbocycles. The van der Waals surface area contributed by atoms with Crippen LogP contribution in [-0.2, 0) is 9.59 Å². The molecule has 15 heavy (non-hydrogen) atoms. The molecule has 0 aromatic rings. The van der Waals surface area contributed by atoms with Crippen LogP contribution in [0.1, 0.15) is 40.5 Å². The van der Waals surface area contributed by atoms with Crippen molar-refractivity contribution in [3.63, 3.8) is 0 Å². The van der Waals surface area contributed by atoms with E-state index in [4.69, 9.17) is 5.11 Å². The zero-order chi connectivity index (χ0) is 12.1. The first-order chi connectivity index (χ1) is 6.78. The smallest absolute Gasteiger partial charge is 0.305 e. The van der Waals surface area contributed by atoms with Crippen LogP contribution in [0.2, 0.25) is 0 Å². The molecule has 0 aromatic carbocycles. The predicted octanol–water partition coefficient (Wildman–Crippen LogP) is 1.71. The van der Waals surface area contributed by atoms with E-state index in [-0.39, 0.29) is 12.3 Å². The van der Waals surface area contributed by atoms with Crippen LogP contribution < -0.4 is 5.32 Å². The second kappa shape index (κ2) is 5.53. The maximum atomic E-state index is 11.6. The van der Waals surface area contributed by atoms with E-state index in [2.05, 4.69) is 5.32 Å². The van der Waals surface area contributed by atoms with Crippen molar-refractivity contribution >= 4 is 11.9 Å². The van der Waals surface area contributed by atoms with Crippen molar-refractivity contribution < 1.29 is 14.7 Å². The van der Waals surface area contributed by atoms with Crippen LogP contribution in [0.4, 0.5) is 0 Å². The average Bonchev–Trinajstić information content (AvgIpc) is 2.00. The lowest BCUT2D eigenvalue weighted by Gasteiger charge is -2.24. The number of amides is 1. The van der Waals surface area contributed by atoms with Crippen LogP contribution in [0, 0.1) is 0 Å². The molecule has 1 amide bonds. The summed E-state index contributed by atoms with van der Waals surface area (Å²) in [5.41, 5.74) is -0.0952. The molecule has 0 radical (unpaired) electrons. The molecular weight excluding hydrogens is 194 g/mol. The van der Waals surface area contributed by atoms with Gasteiger partial charge in [0.2, 0.25) is 5.91 Å². The van der Waals surface area contributed by atoms with Crippen LogP contribution in [0.3, 0.4) is 0 Å². The Morgan fingerprint density at radius 1 is 1.40 bits per heavy atom. The number of carbonyl (C=O) groups is 2. The monoisotopic (exact) mass is 213 g/mol. The van der Waals surface area contributed by atoms with Gasteiger partial charge < -0.3 is 10.4 Å². The molecule has 2 N–H and O–H groups in total. The minimum atomic E-state index is -0.919. The van der Waals surface area contributed by atoms with Gasteiger partial charge >= 0.3 is 5.97 Å². The molecule has 0 saturated heterocycles. The van der Waals surface area contributed by atoms with Crippen molar-refractivity contribution in [3.05, 3.63) is 11.6 Å². The van der Waals surface area contributed by atoms with Crippen LogP contribution in [0.15, 0.2) is 11.6 Å². The zero-order valence-corrected chi connectivity index (χ0v) is 9.76. The van der Waals surface area contributed by atoms with Crippen LogP contribution in [0.5, 0.6) is 0 Å². The maximum Gasteiger partial charge on any atom is 0.305 e. The van der Waals surface area contributed by atoms with Crippen molar-refractivity contribution in [3.8, 4) is 0 Å². The molecule has 0 aromatic heterocycles. The lowest BCUT2D eigenvalue weighted by atomic mass is 10.00. The van der Waals surface area contributed by atoms with Crippen molar-refractivity contribution in [1.82, 2.24) is 5.32 Å². The number of hydrogen-bond acceptors (Lipinski definition) is 2. The van der Waals surface area contributed by atoms with Gasteiger partial charge in [-0.05, 0) is 27.2 Å². The molecule has 0 saturated carbocycles. The highest BCUT2D eigenvalue weighted by atomic mass is 16.4. The average molecular weight is 213 g/mol. The quantitative estimate of drug-likeness (QED) is 0.683. The molecule has 0 rings (SSSR count). The topological polar surface area (TPSA) is 66.4 Å². The van der Waals surface area contributed by atoms with Gasteiger partial charge in [-0.25, -0.2) is 0 Å². The summed E-state index contributed by atoms with van der Waals surface area (Å²) in [6, 6.07) is 0. The molecule has 0 unspecified atom stereocenters. The van der Waals surface area contributed by atoms with E-state index in [0.717, 1.165) is 6.42 Å². The summed E-state index contributed by atoms with van der Waals surface area (Å²) < 4.78 is 0. The van der Waals surface area contributed by atoms with Crippen LogP contribution >= 0.6 is 0 Å². The van der Waals surface area contributed by atoms with Gasteiger partial charge in [0, 0.05) is 11.1 Å². The SMILES string of the molecule is CCC=C(C)C(=O)NC(C)(C)CC(=O)O. The first-order valence-electron chi connectivity index (χ1n) is 4.99. The van der Waals surface area contributed by atoms with Gasteiger partial charge in [0.15, 0.2) is 0 Å². The second-order valence-electron chi connectivity index (χ2n) is 4.20. The summed E-state index contributed by atoms with van der Waals surface area (Å²) in [5, 5.41) is 11.3. The van der Waals surface area contributed by atoms with E-state index < -0.39 is 11.5 Å². The molecule has 0 fully saturated rings. The second-order valence-corrected chi connectivity index (χ2v) is 4.20. The third-order valence-electron chi connectivity index (χ3n) is 1.91. The Morgan fingerprint density at radius 3 is 2.33 bits per heavy atom. The van der Waals surface area contributed by atoms with E-state index in [9.17, 15) is 9.59 Å². The van der Waals surface area contributed by atoms with Gasteiger partial charge in [0.25, 0.3) is 0 Å². The zero-order valence-electron chi connectivity index (χ0n) is 9.76. The minimum Gasteiger partial charge on any atom is -0.481 e. The van der Waals surface area contributed by atoms with Gasteiger partial charge in [0.1, 0.15) is 0 Å². The highest BCUT2D eigenvalue weighted by molar-refractivity contribution is 5.93. The van der Waals surface area contributed by atoms with Crippen LogP contribution in [-0.4, -0.2) is 22.5 Å². The van der Waals surface area contributed by atoms with E-state index in [1.807, 2.05) is 13.0 Å². The van der Waals surface area contributed by atoms with Gasteiger partial charge in [-0.2, -0.15) is 0 Å². The highest BCUT2D eigenvalue weighted by Gasteiger charge is 2.23. The van der Waals surface area contributed by atoms with Crippen LogP contribution in [0.25, 0.3) is 0 Å². The van der Waals surface area contributed by atoms with Crippen molar-refractivity contribution in [2.45, 2.75) is 46.1 Å². The van der Waals surface area contributed by atoms with Crippen molar-refractivity contribution in [1.29, 1.82) is 0 Å². The molecule has 4 heteroatoms. The molecule has 0 atom stereocenters. The molecule has 86 valence electrons. The number of carboxylic acid groups (broad SMARTS) is 1. The van der Waals surface area contributed by atoms with Gasteiger partial charge in [-0.1, -0.05) is 13.0 Å². The first-order valence-corrected chi connectivity index (χ1v) is 4.99. The maximum absolute atomic E-state index is 11.6. The molecule has 0 heterocycles. The summed E-state index contributed by atoms with van der Waals surface area (Å²) in [5.74, 6) is -1.12. The Morgan fingerprint density at radius 2 is 1.93 bits per heavy atom. The Hall–Kier alpha value is -1.32. The Balaban J connectivity index is 4.39. The number of allylic oxidation sites excluding steroid dienone is 1. The Kier molecular flexibility index (Phi) is 5.05. The first kappa shape index (κ1) is 13.7. The predicted molar refractivity (Wildman–Crippen MR) is 58.5 cm³/mol. The third-order valence-corrected chi connectivity index (χ3v) is 1.91. The number of aliphatic carboxylic acids is 1. The molecule has 0 aliphatic rings. The number of nitrogens with one attached hydrogen (secondary N) is 1. The fraction of sp³-hybridized carbons (Fsp3) is 0.636. The molecule has 0 bridgehead atoms. The largest absolute Gasteiger partial charge is 0.481 e. The molecular formula is C11H19NO3. The lowest BCUT2D eigenvalue weighted by molar-refractivity contribution is -0.138. The van der Waals surface area contributed by atoms with E-state index >= 15 is 0 Å². The summed E-state index contributed by atoms with van der Waals surface area (Å²) in [6.45, 7) is 7.05. The molecule has 0 aliphatic heterocycles. The number of carboxylic acids is 1. The van der Waals surface area contributed by atoms with E-state index in [0.29, 0.717) is 5.57 Å². The van der Waals surface area contributed by atoms with Gasteiger partial charge in [-0.3, -0.25) is 9.59 Å². The third kappa shape index (κ3) is 5.88. The summed E-state index contributed by atoms with van der Waals surface area (Å²) >= 11 is 0. The fourth-order valence-electron chi connectivity index (χ4n) is 1.23. The highest BCUT2D eigenvalue weighted by Crippen LogP contribution is 2.09. The number of rotatable bonds is 5. The lowest BCUT2D eigenvalue weighted by Crippen LogP contribution is -2.45. The summed E-state index contributed by atoms with van der Waals surface area (Å²) in [7, 11) is 0. The summed E-state index contributed by atoms with van der Waals surface area (Å²) in [6.07, 6.45) is 2.52. The molecule has 4 nitrogen and oxygen atoms in total. The minimum absolute atomic E-state index is 0.0852. The van der Waals surface area contributed by atoms with Crippen molar-refractivity contribution in [2.75, 3.05) is 0 Å². The van der Waals surface area contributed by atoms with E-state index in [1.54, 1.807) is 20.8 Å². The van der Waals surface area contributed by atoms with E-state index in [1.165, 1.54) is 0 Å². The normalized spacial score (nSPS) is 12.4.